The predicted molar refractivity (Wildman–Crippen MR) is 76.8 cm³/mol. The summed E-state index contributed by atoms with van der Waals surface area (Å²) in [7, 11) is -3.60. The minimum Gasteiger partial charge on any atom is -0.324 e. The van der Waals surface area contributed by atoms with Gasteiger partial charge in [0.2, 0.25) is 15.9 Å². The number of hydrogen-bond acceptors (Lipinski definition) is 3. The Morgan fingerprint density at radius 2 is 1.86 bits per heavy atom. The Morgan fingerprint density at radius 3 is 2.36 bits per heavy atom. The van der Waals surface area contributed by atoms with Crippen molar-refractivity contribution in [2.75, 3.05) is 24.7 Å². The van der Waals surface area contributed by atoms with Gasteiger partial charge < -0.3 is 5.32 Å². The van der Waals surface area contributed by atoms with E-state index in [0.717, 1.165) is 22.7 Å². The highest BCUT2D eigenvalue weighted by molar-refractivity contribution is 7.88. The van der Waals surface area contributed by atoms with Crippen molar-refractivity contribution in [1.29, 1.82) is 0 Å². The summed E-state index contributed by atoms with van der Waals surface area (Å²) in [6, 6.07) is 4.52. The average molecular weight is 338 g/mol. The van der Waals surface area contributed by atoms with E-state index in [1.165, 1.54) is 12.1 Å². The fourth-order valence-corrected chi connectivity index (χ4v) is 2.67. The van der Waals surface area contributed by atoms with Gasteiger partial charge in [0.15, 0.2) is 0 Å². The van der Waals surface area contributed by atoms with E-state index >= 15 is 0 Å². The maximum absolute atomic E-state index is 12.8. The zero-order valence-electron chi connectivity index (χ0n) is 12.1. The molecule has 0 radical (unpaired) electrons. The number of anilines is 1. The third kappa shape index (κ3) is 5.30. The number of hydrogen-bond donors (Lipinski definition) is 1. The number of halogens is 3. The molecule has 0 aliphatic heterocycles. The second kappa shape index (κ2) is 7.10. The molecule has 1 aromatic rings. The topological polar surface area (TPSA) is 66.5 Å². The van der Waals surface area contributed by atoms with Gasteiger partial charge in [0.05, 0.1) is 24.1 Å². The van der Waals surface area contributed by atoms with Gasteiger partial charge in [0, 0.05) is 6.54 Å². The highest BCUT2D eigenvalue weighted by Crippen LogP contribution is 2.34. The van der Waals surface area contributed by atoms with Crippen LogP contribution < -0.4 is 5.32 Å². The van der Waals surface area contributed by atoms with Crippen molar-refractivity contribution in [2.24, 2.45) is 0 Å². The van der Waals surface area contributed by atoms with E-state index in [1.54, 1.807) is 6.92 Å². The van der Waals surface area contributed by atoms with Crippen molar-refractivity contribution in [1.82, 2.24) is 4.31 Å². The number of rotatable bonds is 6. The van der Waals surface area contributed by atoms with E-state index < -0.39 is 39.9 Å². The Balaban J connectivity index is 2.90. The molecule has 9 heteroatoms. The van der Waals surface area contributed by atoms with Gasteiger partial charge >= 0.3 is 6.18 Å². The first-order valence-corrected chi connectivity index (χ1v) is 8.31. The predicted octanol–water partition coefficient (Wildman–Crippen LogP) is 2.32. The van der Waals surface area contributed by atoms with Crippen molar-refractivity contribution in [3.05, 3.63) is 29.8 Å². The molecule has 124 valence electrons. The molecular weight excluding hydrogens is 321 g/mol. The number of para-hydroxylation sites is 1. The second-order valence-corrected chi connectivity index (χ2v) is 6.67. The van der Waals surface area contributed by atoms with Crippen LogP contribution in [0.1, 0.15) is 18.9 Å². The number of alkyl halides is 3. The second-order valence-electron chi connectivity index (χ2n) is 4.69. The first-order chi connectivity index (χ1) is 10.1. The van der Waals surface area contributed by atoms with Crippen LogP contribution in [-0.4, -0.2) is 38.0 Å². The lowest BCUT2D eigenvalue weighted by Crippen LogP contribution is -2.38. The Bertz CT molecular complexity index is 630. The minimum atomic E-state index is -4.61. The number of carbonyl (C=O) groups excluding carboxylic acids is 1. The molecule has 0 saturated heterocycles. The molecule has 0 bridgehead atoms. The number of carbonyl (C=O) groups is 1. The molecular formula is C13H17F3N2O3S. The molecule has 0 heterocycles. The molecule has 0 unspecified atom stereocenters. The molecule has 0 saturated carbocycles. The molecule has 22 heavy (non-hydrogen) atoms. The lowest BCUT2D eigenvalue weighted by molar-refractivity contribution is -0.137. The maximum Gasteiger partial charge on any atom is 0.418 e. The van der Waals surface area contributed by atoms with E-state index in [9.17, 15) is 26.4 Å². The fourth-order valence-electron chi connectivity index (χ4n) is 1.80. The van der Waals surface area contributed by atoms with Crippen LogP contribution in [0.4, 0.5) is 18.9 Å². The van der Waals surface area contributed by atoms with Gasteiger partial charge in [-0.1, -0.05) is 19.1 Å². The summed E-state index contributed by atoms with van der Waals surface area (Å²) in [5, 5.41) is 2.11. The molecule has 0 fully saturated rings. The van der Waals surface area contributed by atoms with Crippen LogP contribution in [0.5, 0.6) is 0 Å². The number of benzene rings is 1. The first kappa shape index (κ1) is 18.4. The molecule has 1 amide bonds. The Kier molecular flexibility index (Phi) is 5.95. The van der Waals surface area contributed by atoms with Crippen LogP contribution in [0.2, 0.25) is 0 Å². The lowest BCUT2D eigenvalue weighted by Gasteiger charge is -2.19. The number of nitrogens with one attached hydrogen (secondary N) is 1. The van der Waals surface area contributed by atoms with Crippen LogP contribution in [0, 0.1) is 0 Å². The highest BCUT2D eigenvalue weighted by Gasteiger charge is 2.33. The zero-order valence-corrected chi connectivity index (χ0v) is 13.0. The van der Waals surface area contributed by atoms with E-state index in [4.69, 9.17) is 0 Å². The van der Waals surface area contributed by atoms with Crippen LogP contribution in [0.15, 0.2) is 24.3 Å². The van der Waals surface area contributed by atoms with E-state index in [-0.39, 0.29) is 6.54 Å². The largest absolute Gasteiger partial charge is 0.418 e. The van der Waals surface area contributed by atoms with Gasteiger partial charge in [-0.05, 0) is 18.6 Å². The number of nitrogens with zero attached hydrogens (tertiary/aromatic N) is 1. The van der Waals surface area contributed by atoms with Crippen molar-refractivity contribution in [3.63, 3.8) is 0 Å². The van der Waals surface area contributed by atoms with Crippen LogP contribution in [0.25, 0.3) is 0 Å². The normalized spacial score (nSPS) is 12.5. The first-order valence-electron chi connectivity index (χ1n) is 6.47. The van der Waals surface area contributed by atoms with Gasteiger partial charge in [0.1, 0.15) is 0 Å². The summed E-state index contributed by atoms with van der Waals surface area (Å²) in [6.45, 7) is 1.32. The van der Waals surface area contributed by atoms with Crippen molar-refractivity contribution in [2.45, 2.75) is 19.5 Å². The smallest absolute Gasteiger partial charge is 0.324 e. The highest BCUT2D eigenvalue weighted by atomic mass is 32.2. The molecule has 0 atom stereocenters. The molecule has 0 aromatic heterocycles. The van der Waals surface area contributed by atoms with Crippen molar-refractivity contribution >= 4 is 21.6 Å². The summed E-state index contributed by atoms with van der Waals surface area (Å²) >= 11 is 0. The Hall–Kier alpha value is -1.61. The molecule has 0 aliphatic rings. The summed E-state index contributed by atoms with van der Waals surface area (Å²) < 4.78 is 62.4. The van der Waals surface area contributed by atoms with Crippen LogP contribution >= 0.6 is 0 Å². The Morgan fingerprint density at radius 1 is 1.27 bits per heavy atom. The summed E-state index contributed by atoms with van der Waals surface area (Å²) in [5.74, 6) is -0.824. The van der Waals surface area contributed by atoms with Crippen molar-refractivity contribution < 1.29 is 26.4 Å². The molecule has 5 nitrogen and oxygen atoms in total. The van der Waals surface area contributed by atoms with Crippen LogP contribution in [0.3, 0.4) is 0 Å². The summed E-state index contributed by atoms with van der Waals surface area (Å²) in [6.07, 6.45) is -3.18. The third-order valence-corrected chi connectivity index (χ3v) is 4.02. The van der Waals surface area contributed by atoms with Gasteiger partial charge in [-0.15, -0.1) is 0 Å². The van der Waals surface area contributed by atoms with Crippen LogP contribution in [-0.2, 0) is 21.0 Å². The maximum atomic E-state index is 12.8. The summed E-state index contributed by atoms with van der Waals surface area (Å²) in [5.41, 5.74) is -1.38. The fraction of sp³-hybridized carbons (Fsp3) is 0.462. The number of sulfonamides is 1. The van der Waals surface area contributed by atoms with Gasteiger partial charge in [-0.25, -0.2) is 8.42 Å². The molecule has 1 aromatic carbocycles. The zero-order chi connectivity index (χ0) is 17.0. The lowest BCUT2D eigenvalue weighted by atomic mass is 10.1. The average Bonchev–Trinajstić information content (AvgIpc) is 2.36. The van der Waals surface area contributed by atoms with Crippen molar-refractivity contribution in [3.8, 4) is 0 Å². The van der Waals surface area contributed by atoms with E-state index in [2.05, 4.69) is 5.32 Å². The molecule has 0 aliphatic carbocycles. The summed E-state index contributed by atoms with van der Waals surface area (Å²) in [4.78, 5) is 11.8. The minimum absolute atomic E-state index is 0.118. The standard InChI is InChI=1S/C13H17F3N2O3S/c1-3-8-18(22(2,20)21)9-12(19)17-11-7-5-4-6-10(11)13(14,15)16/h4-7H,3,8-9H2,1-2H3,(H,17,19). The molecule has 1 rings (SSSR count). The molecule has 1 N–H and O–H groups in total. The Labute approximate surface area is 127 Å². The SMILES string of the molecule is CCCN(CC(=O)Nc1ccccc1C(F)(F)F)S(C)(=O)=O. The monoisotopic (exact) mass is 338 g/mol. The quantitative estimate of drug-likeness (QED) is 0.866. The number of amides is 1. The third-order valence-electron chi connectivity index (χ3n) is 2.77. The van der Waals surface area contributed by atoms with E-state index in [1.807, 2.05) is 0 Å². The van der Waals surface area contributed by atoms with Gasteiger partial charge in [0.25, 0.3) is 0 Å². The van der Waals surface area contributed by atoms with Gasteiger partial charge in [-0.2, -0.15) is 17.5 Å². The molecule has 0 spiro atoms. The van der Waals surface area contributed by atoms with Gasteiger partial charge in [-0.3, -0.25) is 4.79 Å². The van der Waals surface area contributed by atoms with E-state index in [0.29, 0.717) is 6.42 Å².